The number of nitrogens with zero attached hydrogens (tertiary/aromatic N) is 3. The van der Waals surface area contributed by atoms with Gasteiger partial charge in [-0.2, -0.15) is 10.3 Å². The lowest BCUT2D eigenvalue weighted by molar-refractivity contribution is 0.881. The molecule has 1 aromatic rings. The molecule has 5 heteroatoms. The van der Waals surface area contributed by atoms with Gasteiger partial charge in [-0.15, -0.1) is 5.10 Å². The van der Waals surface area contributed by atoms with Crippen molar-refractivity contribution in [2.24, 2.45) is 0 Å². The average Bonchev–Trinajstić information content (AvgIpc) is 1.86. The van der Waals surface area contributed by atoms with Crippen LogP contribution in [0.5, 0.6) is 0 Å². The van der Waals surface area contributed by atoms with E-state index in [2.05, 4.69) is 20.6 Å². The molecule has 1 N–H and O–H groups in total. The third-order valence-corrected chi connectivity index (χ3v) is 0.362. The maximum Gasteiger partial charge on any atom is 0.175 e. The van der Waals surface area contributed by atoms with Crippen LogP contribution in [0, 0.1) is 0 Å². The van der Waals surface area contributed by atoms with Crippen molar-refractivity contribution in [2.75, 3.05) is 0 Å². The van der Waals surface area contributed by atoms with Gasteiger partial charge in [-0.05, 0) is 0 Å². The normalized spacial score (nSPS) is 8.67. The molecule has 0 fully saturated rings. The molecule has 0 amide bonds. The maximum atomic E-state index is 4.96. The van der Waals surface area contributed by atoms with E-state index >= 15 is 0 Å². The number of hydrogen-bond acceptors (Lipinski definition) is 3. The van der Waals surface area contributed by atoms with Crippen LogP contribution in [0.1, 0.15) is 0 Å². The molecule has 4 nitrogen and oxygen atoms in total. The number of tetrazole rings is 1. The van der Waals surface area contributed by atoms with E-state index in [0.29, 0.717) is 0 Å². The minimum atomic E-state index is 0.176. The van der Waals surface area contributed by atoms with Crippen LogP contribution in [-0.4, -0.2) is 28.5 Å². The maximum absolute atomic E-state index is 4.96. The van der Waals surface area contributed by atoms with Gasteiger partial charge in [-0.25, -0.2) is 0 Å². The van der Waals surface area contributed by atoms with Crippen molar-refractivity contribution in [2.45, 2.75) is 0 Å². The molecule has 0 bridgehead atoms. The van der Waals surface area contributed by atoms with Gasteiger partial charge in [0.1, 0.15) is 5.72 Å². The number of aromatic nitrogens is 4. The molecule has 1 aromatic heterocycles. The highest BCUT2D eigenvalue weighted by Gasteiger charge is 1.78. The molecule has 0 unspecified atom stereocenters. The summed E-state index contributed by atoms with van der Waals surface area (Å²) in [7, 11) is 4.96. The zero-order valence-corrected chi connectivity index (χ0v) is 2.92. The Labute approximate surface area is 35.4 Å². The number of H-pyrrole nitrogens is 1. The molecule has 0 saturated heterocycles. The van der Waals surface area contributed by atoms with Crippen molar-refractivity contribution >= 4 is 13.6 Å². The summed E-state index contributed by atoms with van der Waals surface area (Å²) in [4.78, 5) is 0. The standard InChI is InChI=1S/CHBN4/c2-1-3-5-6-4-1/h(H,3,4,5,6). The molecular weight excluding hydrogens is 78.9 g/mol. The van der Waals surface area contributed by atoms with Gasteiger partial charge in [0.15, 0.2) is 7.85 Å². The molecule has 0 atom stereocenters. The van der Waals surface area contributed by atoms with E-state index in [-0.39, 0.29) is 5.72 Å². The predicted molar refractivity (Wildman–Crippen MR) is 19.6 cm³/mol. The Balaban J connectivity index is 3.05. The number of nitrogens with one attached hydrogen (secondary N) is 1. The Hall–Kier alpha value is -0.865. The van der Waals surface area contributed by atoms with Gasteiger partial charge in [-0.3, -0.25) is 0 Å². The second kappa shape index (κ2) is 1.08. The van der Waals surface area contributed by atoms with Crippen LogP contribution in [0.25, 0.3) is 0 Å². The molecule has 0 aromatic carbocycles. The summed E-state index contributed by atoms with van der Waals surface area (Å²) in [5.41, 5.74) is 0.176. The van der Waals surface area contributed by atoms with Gasteiger partial charge in [-0.1, -0.05) is 5.21 Å². The van der Waals surface area contributed by atoms with Gasteiger partial charge in [0, 0.05) is 0 Å². The quantitative estimate of drug-likeness (QED) is 0.366. The summed E-state index contributed by atoms with van der Waals surface area (Å²) in [5.74, 6) is 0. The Kier molecular flexibility index (Phi) is 0.599. The largest absolute Gasteiger partial charge is 0.178 e. The fourth-order valence-corrected chi connectivity index (χ4v) is 0.170. The molecule has 0 saturated carbocycles. The van der Waals surface area contributed by atoms with E-state index in [1.54, 1.807) is 0 Å². The fourth-order valence-electron chi connectivity index (χ4n) is 0.170. The molecule has 1 heterocycles. The Morgan fingerprint density at radius 3 is 2.67 bits per heavy atom. The van der Waals surface area contributed by atoms with Gasteiger partial charge >= 0.3 is 0 Å². The second-order valence-electron chi connectivity index (χ2n) is 0.770. The van der Waals surface area contributed by atoms with Crippen molar-refractivity contribution in [3.63, 3.8) is 0 Å². The number of aromatic amines is 1. The van der Waals surface area contributed by atoms with Gasteiger partial charge in [0.2, 0.25) is 0 Å². The lowest BCUT2D eigenvalue weighted by Crippen LogP contribution is -2.05. The zero-order valence-electron chi connectivity index (χ0n) is 2.92. The van der Waals surface area contributed by atoms with Crippen LogP contribution in [-0.2, 0) is 0 Å². The minimum Gasteiger partial charge on any atom is -0.178 e. The molecular formula is CHBN4. The van der Waals surface area contributed by atoms with Crippen molar-refractivity contribution in [1.82, 2.24) is 20.6 Å². The first-order chi connectivity index (χ1) is 2.89. The molecule has 6 heavy (non-hydrogen) atoms. The smallest absolute Gasteiger partial charge is 0.175 e. The summed E-state index contributed by atoms with van der Waals surface area (Å²) in [6, 6.07) is 0. The van der Waals surface area contributed by atoms with Crippen LogP contribution in [0.15, 0.2) is 0 Å². The van der Waals surface area contributed by atoms with Crippen LogP contribution >= 0.6 is 0 Å². The van der Waals surface area contributed by atoms with E-state index < -0.39 is 0 Å². The van der Waals surface area contributed by atoms with E-state index in [4.69, 9.17) is 7.85 Å². The van der Waals surface area contributed by atoms with Crippen molar-refractivity contribution in [3.05, 3.63) is 0 Å². The Morgan fingerprint density at radius 1 is 1.67 bits per heavy atom. The number of rotatable bonds is 0. The van der Waals surface area contributed by atoms with Crippen LogP contribution < -0.4 is 5.72 Å². The van der Waals surface area contributed by atoms with Crippen molar-refractivity contribution < 1.29 is 0 Å². The van der Waals surface area contributed by atoms with Crippen LogP contribution in [0.3, 0.4) is 0 Å². The molecule has 28 valence electrons. The monoisotopic (exact) mass is 80.0 g/mol. The molecule has 1 rings (SSSR count). The first-order valence-electron chi connectivity index (χ1n) is 1.38. The fraction of sp³-hybridized carbons (Fsp3) is 0. The van der Waals surface area contributed by atoms with Gasteiger partial charge < -0.3 is 0 Å². The summed E-state index contributed by atoms with van der Waals surface area (Å²) in [5, 5.41) is 12.0. The SMILES string of the molecule is [B]c1nn[nH]n1. The second-order valence-corrected chi connectivity index (χ2v) is 0.770. The summed E-state index contributed by atoms with van der Waals surface area (Å²) >= 11 is 0. The van der Waals surface area contributed by atoms with Crippen molar-refractivity contribution in [1.29, 1.82) is 0 Å². The topological polar surface area (TPSA) is 54.5 Å². The van der Waals surface area contributed by atoms with E-state index in [1.165, 1.54) is 0 Å². The predicted octanol–water partition coefficient (Wildman–Crippen LogP) is -2.01. The highest BCUT2D eigenvalue weighted by molar-refractivity contribution is 6.28. The molecule has 0 spiro atoms. The summed E-state index contributed by atoms with van der Waals surface area (Å²) < 4.78 is 0. The molecule has 2 radical (unpaired) electrons. The van der Waals surface area contributed by atoms with E-state index in [9.17, 15) is 0 Å². The summed E-state index contributed by atoms with van der Waals surface area (Å²) in [6.45, 7) is 0. The lowest BCUT2D eigenvalue weighted by atomic mass is 10.1. The third kappa shape index (κ3) is 0.380. The van der Waals surface area contributed by atoms with Crippen LogP contribution in [0.4, 0.5) is 0 Å². The molecule has 0 aliphatic rings. The lowest BCUT2D eigenvalue weighted by Gasteiger charge is -1.59. The average molecular weight is 79.9 g/mol. The van der Waals surface area contributed by atoms with Gasteiger partial charge in [0.05, 0.1) is 0 Å². The third-order valence-electron chi connectivity index (χ3n) is 0.362. The first-order valence-corrected chi connectivity index (χ1v) is 1.38. The van der Waals surface area contributed by atoms with E-state index in [0.717, 1.165) is 0 Å². The highest BCUT2D eigenvalue weighted by Crippen LogP contribution is 1.39. The highest BCUT2D eigenvalue weighted by atomic mass is 15.5. The van der Waals surface area contributed by atoms with Crippen molar-refractivity contribution in [3.8, 4) is 0 Å². The van der Waals surface area contributed by atoms with Crippen LogP contribution in [0.2, 0.25) is 0 Å². The summed E-state index contributed by atoms with van der Waals surface area (Å²) in [6.07, 6.45) is 0. The van der Waals surface area contributed by atoms with Gasteiger partial charge in [0.25, 0.3) is 0 Å². The first kappa shape index (κ1) is 3.33. The zero-order chi connectivity index (χ0) is 4.41. The molecule has 0 aliphatic carbocycles. The minimum absolute atomic E-state index is 0.176. The Morgan fingerprint density at radius 2 is 2.50 bits per heavy atom. The Bertz CT molecular complexity index is 111. The molecule has 0 aliphatic heterocycles. The number of hydrogen-bond donors (Lipinski definition) is 1. The van der Waals surface area contributed by atoms with E-state index in [1.807, 2.05) is 0 Å².